The number of likely N-dealkylation sites (tertiary alicyclic amines) is 1. The number of nitrogens with zero attached hydrogens (tertiary/aromatic N) is 1. The van der Waals surface area contributed by atoms with Gasteiger partial charge in [0.05, 0.1) is 5.56 Å². The molecular formula is C13H15F3N2O. The van der Waals surface area contributed by atoms with Crippen molar-refractivity contribution in [1.82, 2.24) is 10.2 Å². The molecule has 1 aromatic rings. The molecule has 1 aliphatic heterocycles. The summed E-state index contributed by atoms with van der Waals surface area (Å²) in [5, 5.41) is 3.11. The summed E-state index contributed by atoms with van der Waals surface area (Å²) in [6, 6.07) is 2.09. The van der Waals surface area contributed by atoms with Crippen LogP contribution in [0.1, 0.15) is 23.2 Å². The number of carbonyl (C=O) groups is 1. The fraction of sp³-hybridized carbons (Fsp3) is 0.462. The largest absolute Gasteiger partial charge is 0.338 e. The van der Waals surface area contributed by atoms with Gasteiger partial charge in [-0.2, -0.15) is 0 Å². The van der Waals surface area contributed by atoms with E-state index in [1.165, 1.54) is 4.90 Å². The van der Waals surface area contributed by atoms with Gasteiger partial charge in [-0.25, -0.2) is 13.2 Å². The van der Waals surface area contributed by atoms with Crippen LogP contribution in [-0.4, -0.2) is 37.0 Å². The van der Waals surface area contributed by atoms with Crippen LogP contribution in [0.25, 0.3) is 0 Å². The first-order valence-electron chi connectivity index (χ1n) is 6.14. The zero-order valence-electron chi connectivity index (χ0n) is 10.5. The maximum absolute atomic E-state index is 13.5. The molecule has 0 spiro atoms. The van der Waals surface area contributed by atoms with E-state index in [4.69, 9.17) is 0 Å². The van der Waals surface area contributed by atoms with E-state index in [0.29, 0.717) is 19.1 Å². The van der Waals surface area contributed by atoms with Crippen molar-refractivity contribution in [2.45, 2.75) is 18.9 Å². The summed E-state index contributed by atoms with van der Waals surface area (Å²) in [5.41, 5.74) is -0.415. The Labute approximate surface area is 109 Å². The Hall–Kier alpha value is -1.56. The molecule has 0 unspecified atom stereocenters. The molecule has 1 N–H and O–H groups in total. The second kappa shape index (κ2) is 5.61. The smallest absolute Gasteiger partial charge is 0.256 e. The van der Waals surface area contributed by atoms with Crippen molar-refractivity contribution in [2.24, 2.45) is 0 Å². The number of carbonyl (C=O) groups excluding carboxylic acids is 1. The van der Waals surface area contributed by atoms with E-state index in [2.05, 4.69) is 5.32 Å². The number of halogens is 3. The van der Waals surface area contributed by atoms with E-state index in [9.17, 15) is 18.0 Å². The lowest BCUT2D eigenvalue weighted by Gasteiger charge is -2.31. The minimum absolute atomic E-state index is 0.332. The minimum atomic E-state index is -1.60. The van der Waals surface area contributed by atoms with E-state index in [1.807, 2.05) is 7.05 Å². The maximum Gasteiger partial charge on any atom is 0.256 e. The highest BCUT2D eigenvalue weighted by Gasteiger charge is 2.26. The van der Waals surface area contributed by atoms with Gasteiger partial charge in [-0.05, 0) is 32.0 Å². The molecule has 0 aliphatic carbocycles. The van der Waals surface area contributed by atoms with Crippen molar-refractivity contribution in [3.05, 3.63) is 35.1 Å². The SMILES string of the molecule is CNC1CCN(C(=O)c2ccc(F)c(F)c2F)CC1. The molecule has 0 radical (unpaired) electrons. The first-order valence-corrected chi connectivity index (χ1v) is 6.14. The van der Waals surface area contributed by atoms with Crippen LogP contribution in [-0.2, 0) is 0 Å². The average Bonchev–Trinajstić information content (AvgIpc) is 2.44. The molecule has 104 valence electrons. The van der Waals surface area contributed by atoms with Crippen LogP contribution in [0.15, 0.2) is 12.1 Å². The Morgan fingerprint density at radius 2 is 1.84 bits per heavy atom. The van der Waals surface area contributed by atoms with Crippen LogP contribution in [0.3, 0.4) is 0 Å². The fourth-order valence-corrected chi connectivity index (χ4v) is 2.23. The summed E-state index contributed by atoms with van der Waals surface area (Å²) >= 11 is 0. The molecule has 6 heteroatoms. The van der Waals surface area contributed by atoms with Crippen molar-refractivity contribution in [3.63, 3.8) is 0 Å². The minimum Gasteiger partial charge on any atom is -0.338 e. The van der Waals surface area contributed by atoms with Gasteiger partial charge >= 0.3 is 0 Å². The molecule has 2 rings (SSSR count). The zero-order valence-corrected chi connectivity index (χ0v) is 10.5. The van der Waals surface area contributed by atoms with Crippen molar-refractivity contribution in [3.8, 4) is 0 Å². The standard InChI is InChI=1S/C13H15F3N2O/c1-17-8-4-6-18(7-5-8)13(19)9-2-3-10(14)12(16)11(9)15/h2-3,8,17H,4-7H2,1H3. The second-order valence-electron chi connectivity index (χ2n) is 4.58. The van der Waals surface area contributed by atoms with E-state index < -0.39 is 28.9 Å². The first kappa shape index (κ1) is 13.9. The quantitative estimate of drug-likeness (QED) is 0.834. The molecule has 0 saturated carbocycles. The Balaban J connectivity index is 2.15. The summed E-state index contributed by atoms with van der Waals surface area (Å²) < 4.78 is 39.5. The number of hydrogen-bond acceptors (Lipinski definition) is 2. The molecule has 1 saturated heterocycles. The Morgan fingerprint density at radius 1 is 1.21 bits per heavy atom. The normalized spacial score (nSPS) is 16.7. The lowest BCUT2D eigenvalue weighted by atomic mass is 10.0. The molecule has 1 fully saturated rings. The van der Waals surface area contributed by atoms with Gasteiger partial charge in [0.1, 0.15) is 0 Å². The summed E-state index contributed by atoms with van der Waals surface area (Å²) in [6.45, 7) is 0.950. The Morgan fingerprint density at radius 3 is 2.42 bits per heavy atom. The number of hydrogen-bond donors (Lipinski definition) is 1. The van der Waals surface area contributed by atoms with Crippen LogP contribution in [0, 0.1) is 17.5 Å². The third-order valence-electron chi connectivity index (χ3n) is 3.46. The van der Waals surface area contributed by atoms with Crippen LogP contribution in [0.5, 0.6) is 0 Å². The highest BCUT2D eigenvalue weighted by Crippen LogP contribution is 2.19. The summed E-state index contributed by atoms with van der Waals surface area (Å²) in [7, 11) is 1.84. The molecule has 19 heavy (non-hydrogen) atoms. The van der Waals surface area contributed by atoms with Crippen LogP contribution < -0.4 is 5.32 Å². The monoisotopic (exact) mass is 272 g/mol. The highest BCUT2D eigenvalue weighted by molar-refractivity contribution is 5.94. The van der Waals surface area contributed by atoms with E-state index in [0.717, 1.165) is 25.0 Å². The lowest BCUT2D eigenvalue weighted by Crippen LogP contribution is -2.44. The summed E-state index contributed by atoms with van der Waals surface area (Å²) in [4.78, 5) is 13.5. The number of rotatable bonds is 2. The van der Waals surface area contributed by atoms with Crippen LogP contribution in [0.4, 0.5) is 13.2 Å². The van der Waals surface area contributed by atoms with Crippen molar-refractivity contribution in [1.29, 1.82) is 0 Å². The molecule has 1 aromatic carbocycles. The first-order chi connectivity index (χ1) is 9.04. The van der Waals surface area contributed by atoms with E-state index >= 15 is 0 Å². The molecular weight excluding hydrogens is 257 g/mol. The van der Waals surface area contributed by atoms with Gasteiger partial charge in [-0.15, -0.1) is 0 Å². The predicted octanol–water partition coefficient (Wildman–Crippen LogP) is 1.93. The van der Waals surface area contributed by atoms with Gasteiger partial charge in [-0.1, -0.05) is 0 Å². The average molecular weight is 272 g/mol. The van der Waals surface area contributed by atoms with Gasteiger partial charge in [0.2, 0.25) is 0 Å². The fourth-order valence-electron chi connectivity index (χ4n) is 2.23. The number of nitrogens with one attached hydrogen (secondary N) is 1. The Kier molecular flexibility index (Phi) is 4.09. The van der Waals surface area contributed by atoms with Crippen molar-refractivity contribution < 1.29 is 18.0 Å². The maximum atomic E-state index is 13.5. The molecule has 0 aromatic heterocycles. The van der Waals surface area contributed by atoms with Crippen LogP contribution in [0.2, 0.25) is 0 Å². The molecule has 0 atom stereocenters. The molecule has 1 aliphatic rings. The number of benzene rings is 1. The van der Waals surface area contributed by atoms with Gasteiger partial charge in [0.25, 0.3) is 5.91 Å². The lowest BCUT2D eigenvalue weighted by molar-refractivity contribution is 0.0701. The second-order valence-corrected chi connectivity index (χ2v) is 4.58. The highest BCUT2D eigenvalue weighted by atomic mass is 19.2. The van der Waals surface area contributed by atoms with Gasteiger partial charge in [0.15, 0.2) is 17.5 Å². The van der Waals surface area contributed by atoms with Crippen LogP contribution >= 0.6 is 0 Å². The summed E-state index contributed by atoms with van der Waals surface area (Å²) in [6.07, 6.45) is 1.51. The summed E-state index contributed by atoms with van der Waals surface area (Å²) in [5.74, 6) is -4.90. The predicted molar refractivity (Wildman–Crippen MR) is 64.3 cm³/mol. The molecule has 1 heterocycles. The van der Waals surface area contributed by atoms with E-state index in [1.54, 1.807) is 0 Å². The van der Waals surface area contributed by atoms with Gasteiger partial charge in [-0.3, -0.25) is 4.79 Å². The molecule has 1 amide bonds. The number of piperidine rings is 1. The zero-order chi connectivity index (χ0) is 14.0. The number of amides is 1. The molecule has 0 bridgehead atoms. The topological polar surface area (TPSA) is 32.3 Å². The van der Waals surface area contributed by atoms with Gasteiger partial charge < -0.3 is 10.2 Å². The van der Waals surface area contributed by atoms with Crippen molar-refractivity contribution in [2.75, 3.05) is 20.1 Å². The Bertz CT molecular complexity index is 485. The molecule has 3 nitrogen and oxygen atoms in total. The van der Waals surface area contributed by atoms with Gasteiger partial charge in [0, 0.05) is 19.1 Å². The van der Waals surface area contributed by atoms with E-state index in [-0.39, 0.29) is 0 Å². The third-order valence-corrected chi connectivity index (χ3v) is 3.46. The third kappa shape index (κ3) is 2.73. The van der Waals surface area contributed by atoms with Crippen molar-refractivity contribution >= 4 is 5.91 Å².